The molecule has 1 unspecified atom stereocenters. The molecule has 0 bridgehead atoms. The van der Waals surface area contributed by atoms with E-state index in [2.05, 4.69) is 10.3 Å². The third-order valence-corrected chi connectivity index (χ3v) is 3.74. The fourth-order valence-electron chi connectivity index (χ4n) is 2.47. The van der Waals surface area contributed by atoms with Gasteiger partial charge in [-0.15, -0.1) is 0 Å². The molecule has 25 heavy (non-hydrogen) atoms. The average molecular weight is 352 g/mol. The fourth-order valence-corrected chi connectivity index (χ4v) is 2.47. The highest BCUT2D eigenvalue weighted by molar-refractivity contribution is 5.76. The molecule has 0 spiro atoms. The minimum atomic E-state index is -0.727. The molecule has 0 radical (unpaired) electrons. The molecule has 2 aromatic rings. The molecule has 134 valence electrons. The first-order valence-electron chi connectivity index (χ1n) is 7.98. The van der Waals surface area contributed by atoms with Crippen molar-refractivity contribution in [2.45, 2.75) is 18.9 Å². The third kappa shape index (κ3) is 4.61. The summed E-state index contributed by atoms with van der Waals surface area (Å²) in [5.74, 6) is -1.40. The summed E-state index contributed by atoms with van der Waals surface area (Å²) in [7, 11) is 0. The number of oxazole rings is 1. The Morgan fingerprint density at radius 2 is 2.08 bits per heavy atom. The summed E-state index contributed by atoms with van der Waals surface area (Å²) in [6.45, 7) is 1.92. The number of hydrogen-bond acceptors (Lipinski definition) is 5. The van der Waals surface area contributed by atoms with E-state index < -0.39 is 11.6 Å². The van der Waals surface area contributed by atoms with Crippen molar-refractivity contribution in [1.29, 1.82) is 0 Å². The predicted molar refractivity (Wildman–Crippen MR) is 83.7 cm³/mol. The molecule has 1 fully saturated rings. The van der Waals surface area contributed by atoms with E-state index in [0.717, 1.165) is 12.1 Å². The maximum atomic E-state index is 13.7. The normalized spacial score (nSPS) is 17.4. The largest absolute Gasteiger partial charge is 0.441 e. The number of nitrogens with zero attached hydrogens (tertiary/aromatic N) is 1. The molecule has 1 aliphatic rings. The quantitative estimate of drug-likeness (QED) is 0.862. The van der Waals surface area contributed by atoms with Gasteiger partial charge in [0.2, 0.25) is 5.91 Å². The molecule has 8 heteroatoms. The molecule has 1 atom stereocenters. The zero-order valence-corrected chi connectivity index (χ0v) is 13.5. The molecule has 1 saturated heterocycles. The van der Waals surface area contributed by atoms with Crippen molar-refractivity contribution in [2.24, 2.45) is 0 Å². The van der Waals surface area contributed by atoms with Gasteiger partial charge in [-0.05, 0) is 12.1 Å². The van der Waals surface area contributed by atoms with Gasteiger partial charge in [0.1, 0.15) is 11.6 Å². The Morgan fingerprint density at radius 1 is 1.28 bits per heavy atom. The van der Waals surface area contributed by atoms with Crippen molar-refractivity contribution >= 4 is 5.91 Å². The SMILES string of the molecule is O=C(CCc1ncc(-c2c(F)cccc2F)o1)NCC1COCCO1. The van der Waals surface area contributed by atoms with Gasteiger partial charge in [-0.25, -0.2) is 13.8 Å². The lowest BCUT2D eigenvalue weighted by Gasteiger charge is -2.22. The second kappa shape index (κ2) is 8.17. The van der Waals surface area contributed by atoms with E-state index in [1.54, 1.807) is 0 Å². The van der Waals surface area contributed by atoms with Crippen LogP contribution in [-0.2, 0) is 20.7 Å². The van der Waals surface area contributed by atoms with Gasteiger partial charge in [-0.3, -0.25) is 4.79 Å². The van der Waals surface area contributed by atoms with Crippen molar-refractivity contribution in [3.8, 4) is 11.3 Å². The van der Waals surface area contributed by atoms with Crippen LogP contribution in [0.25, 0.3) is 11.3 Å². The lowest BCUT2D eigenvalue weighted by Crippen LogP contribution is -2.39. The number of aromatic nitrogens is 1. The monoisotopic (exact) mass is 352 g/mol. The van der Waals surface area contributed by atoms with Gasteiger partial charge in [0.05, 0.1) is 37.7 Å². The number of benzene rings is 1. The Hall–Kier alpha value is -2.32. The van der Waals surface area contributed by atoms with Gasteiger partial charge in [0.15, 0.2) is 11.7 Å². The second-order valence-electron chi connectivity index (χ2n) is 5.59. The van der Waals surface area contributed by atoms with Crippen LogP contribution in [0.15, 0.2) is 28.8 Å². The average Bonchev–Trinajstić information content (AvgIpc) is 3.07. The molecule has 1 aromatic heterocycles. The number of halogens is 2. The maximum Gasteiger partial charge on any atom is 0.220 e. The van der Waals surface area contributed by atoms with Crippen molar-refractivity contribution < 1.29 is 27.5 Å². The van der Waals surface area contributed by atoms with Crippen molar-refractivity contribution in [2.75, 3.05) is 26.4 Å². The van der Waals surface area contributed by atoms with Crippen LogP contribution in [0.5, 0.6) is 0 Å². The van der Waals surface area contributed by atoms with Gasteiger partial charge in [0.25, 0.3) is 0 Å². The molecule has 1 aromatic carbocycles. The van der Waals surface area contributed by atoms with Crippen LogP contribution in [0.1, 0.15) is 12.3 Å². The standard InChI is InChI=1S/C17H18F2N2O4/c18-12-2-1-3-13(19)17(12)14-9-21-16(25-14)5-4-15(22)20-8-11-10-23-6-7-24-11/h1-3,9,11H,4-8,10H2,(H,20,22). The third-order valence-electron chi connectivity index (χ3n) is 3.74. The van der Waals surface area contributed by atoms with Crippen LogP contribution in [0, 0.1) is 11.6 Å². The number of carbonyl (C=O) groups is 1. The lowest BCUT2D eigenvalue weighted by atomic mass is 10.1. The van der Waals surface area contributed by atoms with Crippen LogP contribution >= 0.6 is 0 Å². The minimum Gasteiger partial charge on any atom is -0.441 e. The summed E-state index contributed by atoms with van der Waals surface area (Å²) in [6.07, 6.45) is 1.48. The molecular weight excluding hydrogens is 334 g/mol. The van der Waals surface area contributed by atoms with E-state index >= 15 is 0 Å². The van der Waals surface area contributed by atoms with Crippen molar-refractivity contribution in [3.63, 3.8) is 0 Å². The molecular formula is C17H18F2N2O4. The highest BCUT2D eigenvalue weighted by Crippen LogP contribution is 2.26. The Kier molecular flexibility index (Phi) is 5.72. The van der Waals surface area contributed by atoms with Gasteiger partial charge in [-0.1, -0.05) is 6.07 Å². The Bertz CT molecular complexity index is 709. The van der Waals surface area contributed by atoms with E-state index in [1.165, 1.54) is 12.3 Å². The van der Waals surface area contributed by atoms with Crippen molar-refractivity contribution in [3.05, 3.63) is 41.9 Å². The van der Waals surface area contributed by atoms with Gasteiger partial charge >= 0.3 is 0 Å². The Labute approximate surface area is 143 Å². The lowest BCUT2D eigenvalue weighted by molar-refractivity contribution is -0.124. The second-order valence-corrected chi connectivity index (χ2v) is 5.59. The summed E-state index contributed by atoms with van der Waals surface area (Å²) in [6, 6.07) is 3.56. The topological polar surface area (TPSA) is 73.6 Å². The summed E-state index contributed by atoms with van der Waals surface area (Å²) in [5, 5.41) is 2.75. The highest BCUT2D eigenvalue weighted by Gasteiger charge is 2.17. The Balaban J connectivity index is 1.50. The van der Waals surface area contributed by atoms with E-state index in [1.807, 2.05) is 0 Å². The molecule has 1 aliphatic heterocycles. The van der Waals surface area contributed by atoms with Crippen LogP contribution in [0.4, 0.5) is 8.78 Å². The number of nitrogens with one attached hydrogen (secondary N) is 1. The van der Waals surface area contributed by atoms with Crippen molar-refractivity contribution in [1.82, 2.24) is 10.3 Å². The zero-order chi connectivity index (χ0) is 17.6. The molecule has 0 aliphatic carbocycles. The summed E-state index contributed by atoms with van der Waals surface area (Å²) < 4.78 is 43.5. The maximum absolute atomic E-state index is 13.7. The number of rotatable bonds is 6. The molecule has 2 heterocycles. The zero-order valence-electron chi connectivity index (χ0n) is 13.5. The Morgan fingerprint density at radius 3 is 2.80 bits per heavy atom. The number of aryl methyl sites for hydroxylation is 1. The molecule has 6 nitrogen and oxygen atoms in total. The molecule has 1 N–H and O–H groups in total. The van der Waals surface area contributed by atoms with Crippen LogP contribution in [0.2, 0.25) is 0 Å². The van der Waals surface area contributed by atoms with Crippen LogP contribution in [-0.4, -0.2) is 43.4 Å². The summed E-state index contributed by atoms with van der Waals surface area (Å²) in [4.78, 5) is 15.8. The first-order valence-corrected chi connectivity index (χ1v) is 7.98. The smallest absolute Gasteiger partial charge is 0.220 e. The van der Waals surface area contributed by atoms with Gasteiger partial charge in [0, 0.05) is 19.4 Å². The number of hydrogen-bond donors (Lipinski definition) is 1. The highest BCUT2D eigenvalue weighted by atomic mass is 19.1. The van der Waals surface area contributed by atoms with Gasteiger partial charge < -0.3 is 19.2 Å². The summed E-state index contributed by atoms with van der Waals surface area (Å²) in [5.41, 5.74) is -0.264. The first-order chi connectivity index (χ1) is 12.1. The molecule has 1 amide bonds. The first kappa shape index (κ1) is 17.5. The van der Waals surface area contributed by atoms with E-state index in [4.69, 9.17) is 13.9 Å². The van der Waals surface area contributed by atoms with Gasteiger partial charge in [-0.2, -0.15) is 0 Å². The molecule has 0 saturated carbocycles. The van der Waals surface area contributed by atoms with E-state index in [-0.39, 0.29) is 42.1 Å². The molecule has 3 rings (SSSR count). The van der Waals surface area contributed by atoms with Crippen LogP contribution < -0.4 is 5.32 Å². The number of amides is 1. The summed E-state index contributed by atoms with van der Waals surface area (Å²) >= 11 is 0. The number of carbonyl (C=O) groups excluding carboxylic acids is 1. The minimum absolute atomic E-state index is 0.00115. The number of ether oxygens (including phenoxy) is 2. The fraction of sp³-hybridized carbons (Fsp3) is 0.412. The van der Waals surface area contributed by atoms with Crippen LogP contribution in [0.3, 0.4) is 0 Å². The van der Waals surface area contributed by atoms with E-state index in [0.29, 0.717) is 26.4 Å². The van der Waals surface area contributed by atoms with E-state index in [9.17, 15) is 13.6 Å². The predicted octanol–water partition coefficient (Wildman–Crippen LogP) is 2.08.